The lowest BCUT2D eigenvalue weighted by Crippen LogP contribution is -2.10. The Bertz CT molecular complexity index is 1100. The Labute approximate surface area is 164 Å². The maximum absolute atomic E-state index is 13.4. The van der Waals surface area contributed by atoms with Crippen molar-refractivity contribution in [1.82, 2.24) is 14.8 Å². The molecular weight excluding hydrogens is 409 g/mol. The lowest BCUT2D eigenvalue weighted by Gasteiger charge is -2.12. The molecule has 11 heteroatoms. The lowest BCUT2D eigenvalue weighted by atomic mass is 10.2. The predicted molar refractivity (Wildman–Crippen MR) is 99.2 cm³/mol. The Morgan fingerprint density at radius 3 is 2.34 bits per heavy atom. The lowest BCUT2D eigenvalue weighted by molar-refractivity contribution is -0.142. The van der Waals surface area contributed by atoms with Gasteiger partial charge in [0.15, 0.2) is 20.6 Å². The third-order valence-corrected chi connectivity index (χ3v) is 5.06. The summed E-state index contributed by atoms with van der Waals surface area (Å²) < 4.78 is 64.3. The molecule has 0 radical (unpaired) electrons. The minimum absolute atomic E-state index is 0.0578. The Kier molecular flexibility index (Phi) is 5.62. The minimum Gasteiger partial charge on any atom is -0.391 e. The van der Waals surface area contributed by atoms with E-state index >= 15 is 0 Å². The number of nitrogens with one attached hydrogen (secondary N) is 1. The van der Waals surface area contributed by atoms with Crippen LogP contribution in [0.4, 0.5) is 19.0 Å². The summed E-state index contributed by atoms with van der Waals surface area (Å²) in [5.41, 5.74) is -0.732. The zero-order valence-electron chi connectivity index (χ0n) is 15.2. The number of rotatable bonds is 6. The van der Waals surface area contributed by atoms with Crippen LogP contribution in [0.15, 0.2) is 53.7 Å². The van der Waals surface area contributed by atoms with E-state index in [1.54, 1.807) is 24.3 Å². The van der Waals surface area contributed by atoms with Crippen LogP contribution in [0.2, 0.25) is 0 Å². The molecule has 0 spiro atoms. The molecule has 3 rings (SSSR count). The SMILES string of the molecule is CS(=O)(=O)c1ccc(-n2nc(C(F)(F)F)c(CO)c2NCc2ccccc2)cn1. The molecule has 29 heavy (non-hydrogen) atoms. The normalized spacial score (nSPS) is 12.2. The van der Waals surface area contributed by atoms with Crippen LogP contribution in [0, 0.1) is 0 Å². The Morgan fingerprint density at radius 1 is 1.14 bits per heavy atom. The largest absolute Gasteiger partial charge is 0.435 e. The number of aromatic nitrogens is 3. The molecule has 0 fully saturated rings. The van der Waals surface area contributed by atoms with Crippen molar-refractivity contribution in [3.63, 3.8) is 0 Å². The molecule has 7 nitrogen and oxygen atoms in total. The van der Waals surface area contributed by atoms with Crippen LogP contribution in [-0.4, -0.2) is 34.5 Å². The van der Waals surface area contributed by atoms with Gasteiger partial charge in [0.1, 0.15) is 5.82 Å². The van der Waals surface area contributed by atoms with E-state index in [4.69, 9.17) is 0 Å². The number of aliphatic hydroxyl groups excluding tert-OH is 1. The van der Waals surface area contributed by atoms with Gasteiger partial charge < -0.3 is 10.4 Å². The number of hydrogen-bond acceptors (Lipinski definition) is 6. The van der Waals surface area contributed by atoms with E-state index in [-0.39, 0.29) is 23.1 Å². The molecule has 0 aliphatic heterocycles. The molecule has 0 bridgehead atoms. The second-order valence-corrected chi connectivity index (χ2v) is 8.17. The first-order chi connectivity index (χ1) is 13.6. The number of pyridine rings is 1. The van der Waals surface area contributed by atoms with Gasteiger partial charge in [-0.05, 0) is 17.7 Å². The maximum Gasteiger partial charge on any atom is 0.435 e. The van der Waals surface area contributed by atoms with Crippen LogP contribution in [0.25, 0.3) is 5.69 Å². The Balaban J connectivity index is 2.08. The van der Waals surface area contributed by atoms with Gasteiger partial charge in [-0.2, -0.15) is 18.3 Å². The fraction of sp³-hybridized carbons (Fsp3) is 0.222. The van der Waals surface area contributed by atoms with E-state index in [2.05, 4.69) is 15.4 Å². The van der Waals surface area contributed by atoms with E-state index in [0.717, 1.165) is 22.7 Å². The molecule has 154 valence electrons. The van der Waals surface area contributed by atoms with E-state index < -0.39 is 33.9 Å². The van der Waals surface area contributed by atoms with Crippen LogP contribution in [0.5, 0.6) is 0 Å². The molecule has 0 aliphatic rings. The standard InChI is InChI=1S/C18H17F3N4O3S/c1-29(27,28)15-8-7-13(10-22-15)25-17(23-9-12-5-3-2-4-6-12)14(11-26)16(24-25)18(19,20)21/h2-8,10,23,26H,9,11H2,1H3. The highest BCUT2D eigenvalue weighted by atomic mass is 32.2. The fourth-order valence-electron chi connectivity index (χ4n) is 2.70. The van der Waals surface area contributed by atoms with Crippen molar-refractivity contribution in [3.05, 3.63) is 65.5 Å². The summed E-state index contributed by atoms with van der Waals surface area (Å²) >= 11 is 0. The fourth-order valence-corrected chi connectivity index (χ4v) is 3.25. The zero-order valence-corrected chi connectivity index (χ0v) is 16.0. The summed E-state index contributed by atoms with van der Waals surface area (Å²) in [7, 11) is -3.57. The van der Waals surface area contributed by atoms with Crippen LogP contribution >= 0.6 is 0 Å². The minimum atomic E-state index is -4.79. The number of anilines is 1. The summed E-state index contributed by atoms with van der Waals surface area (Å²) in [6, 6.07) is 11.4. The molecule has 2 heterocycles. The smallest absolute Gasteiger partial charge is 0.391 e. The first-order valence-electron chi connectivity index (χ1n) is 8.35. The number of hydrogen-bond donors (Lipinski definition) is 2. The van der Waals surface area contributed by atoms with Crippen molar-refractivity contribution in [2.45, 2.75) is 24.4 Å². The molecule has 2 N–H and O–H groups in total. The number of nitrogens with zero attached hydrogens (tertiary/aromatic N) is 3. The quantitative estimate of drug-likeness (QED) is 0.629. The summed E-state index contributed by atoms with van der Waals surface area (Å²) in [5, 5.41) is 15.9. The molecular formula is C18H17F3N4O3S. The number of aliphatic hydroxyl groups is 1. The first kappa shape index (κ1) is 20.8. The topological polar surface area (TPSA) is 97.1 Å². The molecule has 1 aromatic carbocycles. The van der Waals surface area contributed by atoms with Crippen molar-refractivity contribution in [2.75, 3.05) is 11.6 Å². The molecule has 0 aliphatic carbocycles. The Hall–Kier alpha value is -2.92. The van der Waals surface area contributed by atoms with E-state index in [9.17, 15) is 26.7 Å². The van der Waals surface area contributed by atoms with Crippen molar-refractivity contribution < 1.29 is 26.7 Å². The number of halogens is 3. The summed E-state index contributed by atoms with van der Waals surface area (Å²) in [6.07, 6.45) is -2.70. The highest BCUT2D eigenvalue weighted by molar-refractivity contribution is 7.90. The highest BCUT2D eigenvalue weighted by Gasteiger charge is 2.39. The highest BCUT2D eigenvalue weighted by Crippen LogP contribution is 2.36. The first-order valence-corrected chi connectivity index (χ1v) is 10.2. The summed E-state index contributed by atoms with van der Waals surface area (Å²) in [5.74, 6) is -0.0578. The van der Waals surface area contributed by atoms with Gasteiger partial charge in [-0.25, -0.2) is 18.1 Å². The molecule has 0 atom stereocenters. The third kappa shape index (κ3) is 4.57. The average molecular weight is 426 g/mol. The van der Waals surface area contributed by atoms with Gasteiger partial charge >= 0.3 is 6.18 Å². The van der Waals surface area contributed by atoms with Crippen LogP contribution in [0.1, 0.15) is 16.8 Å². The molecule has 0 saturated carbocycles. The van der Waals surface area contributed by atoms with E-state index in [0.29, 0.717) is 0 Å². The van der Waals surface area contributed by atoms with Crippen molar-refractivity contribution in [2.24, 2.45) is 0 Å². The van der Waals surface area contributed by atoms with Gasteiger partial charge in [-0.15, -0.1) is 0 Å². The second kappa shape index (κ2) is 7.84. The molecule has 2 aromatic heterocycles. The van der Waals surface area contributed by atoms with E-state index in [1.165, 1.54) is 12.1 Å². The van der Waals surface area contributed by atoms with Gasteiger partial charge in [-0.3, -0.25) is 0 Å². The summed E-state index contributed by atoms with van der Waals surface area (Å²) in [6.45, 7) is -0.702. The molecule has 3 aromatic rings. The zero-order chi connectivity index (χ0) is 21.2. The van der Waals surface area contributed by atoms with E-state index in [1.807, 2.05) is 6.07 Å². The molecule has 0 amide bonds. The van der Waals surface area contributed by atoms with Gasteiger partial charge in [0.2, 0.25) is 0 Å². The monoisotopic (exact) mass is 426 g/mol. The summed E-state index contributed by atoms with van der Waals surface area (Å²) in [4.78, 5) is 3.79. The van der Waals surface area contributed by atoms with Gasteiger partial charge in [0, 0.05) is 12.8 Å². The van der Waals surface area contributed by atoms with Gasteiger partial charge in [0.05, 0.1) is 24.1 Å². The van der Waals surface area contributed by atoms with Crippen molar-refractivity contribution >= 4 is 15.7 Å². The Morgan fingerprint density at radius 2 is 1.83 bits per heavy atom. The maximum atomic E-state index is 13.4. The van der Waals surface area contributed by atoms with Gasteiger partial charge in [-0.1, -0.05) is 30.3 Å². The molecule has 0 unspecified atom stereocenters. The van der Waals surface area contributed by atoms with Gasteiger partial charge in [0.25, 0.3) is 0 Å². The number of sulfone groups is 1. The average Bonchev–Trinajstić information content (AvgIpc) is 3.05. The van der Waals surface area contributed by atoms with Crippen LogP contribution in [-0.2, 0) is 29.2 Å². The number of alkyl halides is 3. The number of benzene rings is 1. The second-order valence-electron chi connectivity index (χ2n) is 6.21. The molecule has 0 saturated heterocycles. The van der Waals surface area contributed by atoms with Crippen LogP contribution in [0.3, 0.4) is 0 Å². The predicted octanol–water partition coefficient (Wildman–Crippen LogP) is 2.79. The van der Waals surface area contributed by atoms with Crippen molar-refractivity contribution in [1.29, 1.82) is 0 Å². The van der Waals surface area contributed by atoms with Crippen molar-refractivity contribution in [3.8, 4) is 5.69 Å². The third-order valence-electron chi connectivity index (χ3n) is 4.06. The van der Waals surface area contributed by atoms with Crippen LogP contribution < -0.4 is 5.32 Å².